The van der Waals surface area contributed by atoms with Gasteiger partial charge in [0.1, 0.15) is 0 Å². The average Bonchev–Trinajstić information content (AvgIpc) is 2.78. The summed E-state index contributed by atoms with van der Waals surface area (Å²) in [6.45, 7) is 1.88. The molecular weight excluding hydrogens is 208 g/mol. The molecule has 4 nitrogen and oxygen atoms in total. The van der Waals surface area contributed by atoms with Crippen LogP contribution in [0.2, 0.25) is 0 Å². The molecule has 2 N–H and O–H groups in total. The zero-order valence-corrected chi connectivity index (χ0v) is 9.37. The van der Waals surface area contributed by atoms with Crippen molar-refractivity contribution in [1.82, 2.24) is 0 Å². The fraction of sp³-hybridized carbons (Fsp3) is 0.833. The third kappa shape index (κ3) is 1.52. The lowest BCUT2D eigenvalue weighted by Gasteiger charge is -2.38. The van der Waals surface area contributed by atoms with Crippen molar-refractivity contribution in [2.24, 2.45) is 11.8 Å². The number of rotatable bonds is 3. The Bertz CT molecular complexity index is 314. The predicted octanol–water partition coefficient (Wildman–Crippen LogP) is 0.783. The summed E-state index contributed by atoms with van der Waals surface area (Å²) in [6, 6.07) is 0. The highest BCUT2D eigenvalue weighted by Crippen LogP contribution is 2.51. The lowest BCUT2D eigenvalue weighted by Crippen LogP contribution is -2.44. The highest BCUT2D eigenvalue weighted by atomic mass is 16.7. The molecule has 0 aromatic carbocycles. The van der Waals surface area contributed by atoms with Crippen molar-refractivity contribution in [3.63, 3.8) is 0 Å². The second-order valence-corrected chi connectivity index (χ2v) is 4.97. The maximum Gasteiger partial charge on any atom is 0.158 e. The summed E-state index contributed by atoms with van der Waals surface area (Å²) in [7, 11) is 0. The summed E-state index contributed by atoms with van der Waals surface area (Å²) in [5, 5.41) is 19.1. The molecule has 0 aromatic rings. The highest BCUT2D eigenvalue weighted by Gasteiger charge is 2.53. The number of aliphatic hydroxyl groups is 2. The van der Waals surface area contributed by atoms with E-state index in [0.29, 0.717) is 24.7 Å². The van der Waals surface area contributed by atoms with Gasteiger partial charge >= 0.3 is 0 Å². The molecule has 2 aliphatic carbocycles. The van der Waals surface area contributed by atoms with Gasteiger partial charge in [0.15, 0.2) is 12.6 Å². The number of hydrogen-bond acceptors (Lipinski definition) is 4. The second kappa shape index (κ2) is 3.81. The Morgan fingerprint density at radius 1 is 1.62 bits per heavy atom. The molecule has 90 valence electrons. The lowest BCUT2D eigenvalue weighted by molar-refractivity contribution is -0.226. The first kappa shape index (κ1) is 10.7. The maximum absolute atomic E-state index is 9.58. The minimum atomic E-state index is -0.719. The number of ether oxygens (including phenoxy) is 2. The van der Waals surface area contributed by atoms with Crippen LogP contribution in [-0.4, -0.2) is 35.0 Å². The predicted molar refractivity (Wildman–Crippen MR) is 56.3 cm³/mol. The Morgan fingerprint density at radius 2 is 2.44 bits per heavy atom. The first-order valence-electron chi connectivity index (χ1n) is 6.06. The Morgan fingerprint density at radius 3 is 3.19 bits per heavy atom. The molecule has 1 heterocycles. The van der Waals surface area contributed by atoms with E-state index in [1.54, 1.807) is 0 Å². The normalized spacial score (nSPS) is 46.9. The molecule has 3 aliphatic rings. The summed E-state index contributed by atoms with van der Waals surface area (Å²) >= 11 is 0. The SMILES string of the molecule is CCC(O)OC1C2C=C3C[C@@H](O)OC1C3C2. The van der Waals surface area contributed by atoms with Crippen LogP contribution >= 0.6 is 0 Å². The van der Waals surface area contributed by atoms with Gasteiger partial charge in [-0.3, -0.25) is 0 Å². The number of aliphatic hydroxyl groups excluding tert-OH is 2. The van der Waals surface area contributed by atoms with Gasteiger partial charge in [0, 0.05) is 18.3 Å². The Balaban J connectivity index is 1.77. The molecule has 3 rings (SSSR count). The summed E-state index contributed by atoms with van der Waals surface area (Å²) in [5.41, 5.74) is 1.32. The van der Waals surface area contributed by atoms with E-state index in [2.05, 4.69) is 6.08 Å². The van der Waals surface area contributed by atoms with E-state index in [-0.39, 0.29) is 12.2 Å². The van der Waals surface area contributed by atoms with Crippen LogP contribution in [0.1, 0.15) is 26.2 Å². The third-order valence-corrected chi connectivity index (χ3v) is 3.96. The van der Waals surface area contributed by atoms with Crippen LogP contribution in [0.5, 0.6) is 0 Å². The second-order valence-electron chi connectivity index (χ2n) is 4.97. The van der Waals surface area contributed by atoms with Crippen LogP contribution in [0.4, 0.5) is 0 Å². The zero-order valence-electron chi connectivity index (χ0n) is 9.37. The highest BCUT2D eigenvalue weighted by molar-refractivity contribution is 5.27. The molecular formula is C12H18O4. The molecule has 2 bridgehead atoms. The van der Waals surface area contributed by atoms with E-state index in [1.807, 2.05) is 6.92 Å². The van der Waals surface area contributed by atoms with Crippen LogP contribution in [0.3, 0.4) is 0 Å². The molecule has 6 atom stereocenters. The molecule has 2 fully saturated rings. The van der Waals surface area contributed by atoms with Gasteiger partial charge in [-0.1, -0.05) is 18.6 Å². The monoisotopic (exact) mass is 226 g/mol. The number of fused-ring (bicyclic) bond motifs is 1. The summed E-state index contributed by atoms with van der Waals surface area (Å²) < 4.78 is 11.2. The first-order valence-corrected chi connectivity index (χ1v) is 6.06. The van der Waals surface area contributed by atoms with Gasteiger partial charge in [0.25, 0.3) is 0 Å². The van der Waals surface area contributed by atoms with E-state index >= 15 is 0 Å². The molecule has 1 aliphatic heterocycles. The molecule has 0 amide bonds. The average molecular weight is 226 g/mol. The van der Waals surface area contributed by atoms with Crippen LogP contribution < -0.4 is 0 Å². The van der Waals surface area contributed by atoms with Gasteiger partial charge in [-0.25, -0.2) is 0 Å². The van der Waals surface area contributed by atoms with Crippen LogP contribution in [0.15, 0.2) is 11.6 Å². The van der Waals surface area contributed by atoms with E-state index < -0.39 is 12.6 Å². The summed E-state index contributed by atoms with van der Waals surface area (Å²) in [6.07, 6.45) is 2.92. The van der Waals surface area contributed by atoms with Gasteiger partial charge in [-0.2, -0.15) is 0 Å². The molecule has 0 aromatic heterocycles. The van der Waals surface area contributed by atoms with E-state index in [0.717, 1.165) is 6.42 Å². The quantitative estimate of drug-likeness (QED) is 0.551. The Hall–Kier alpha value is -0.420. The van der Waals surface area contributed by atoms with Gasteiger partial charge in [0.05, 0.1) is 12.2 Å². The first-order chi connectivity index (χ1) is 7.69. The molecule has 1 saturated heterocycles. The fourth-order valence-corrected chi connectivity index (χ4v) is 3.24. The summed E-state index contributed by atoms with van der Waals surface area (Å²) in [5.74, 6) is 0.765. The smallest absolute Gasteiger partial charge is 0.158 e. The van der Waals surface area contributed by atoms with E-state index in [9.17, 15) is 10.2 Å². The van der Waals surface area contributed by atoms with Crippen molar-refractivity contribution < 1.29 is 19.7 Å². The zero-order chi connectivity index (χ0) is 11.3. The van der Waals surface area contributed by atoms with Gasteiger partial charge in [-0.05, 0) is 12.8 Å². The Kier molecular flexibility index (Phi) is 2.55. The van der Waals surface area contributed by atoms with Gasteiger partial charge in [0.2, 0.25) is 0 Å². The standard InChI is InChI=1S/C12H18O4/c1-2-9(13)15-11-7-3-6-5-10(14)16-12(11)8(6)4-7/h3,7-14H,2,4-5H2,1H3/t7?,8?,9?,10-,11?,12?/m0/s1. The van der Waals surface area contributed by atoms with Crippen LogP contribution in [0, 0.1) is 11.8 Å². The molecule has 4 heteroatoms. The molecule has 1 saturated carbocycles. The fourth-order valence-electron chi connectivity index (χ4n) is 3.24. The van der Waals surface area contributed by atoms with Crippen molar-refractivity contribution in [2.75, 3.05) is 0 Å². The molecule has 5 unspecified atom stereocenters. The van der Waals surface area contributed by atoms with Crippen molar-refractivity contribution in [1.29, 1.82) is 0 Å². The van der Waals surface area contributed by atoms with Crippen molar-refractivity contribution in [2.45, 2.75) is 51.0 Å². The van der Waals surface area contributed by atoms with Crippen molar-refractivity contribution in [3.8, 4) is 0 Å². The van der Waals surface area contributed by atoms with Crippen molar-refractivity contribution in [3.05, 3.63) is 11.6 Å². The maximum atomic E-state index is 9.58. The number of hydrogen-bond donors (Lipinski definition) is 2. The van der Waals surface area contributed by atoms with E-state index in [1.165, 1.54) is 5.57 Å². The van der Waals surface area contributed by atoms with Crippen LogP contribution in [-0.2, 0) is 9.47 Å². The summed E-state index contributed by atoms with van der Waals surface area (Å²) in [4.78, 5) is 0. The molecule has 16 heavy (non-hydrogen) atoms. The Labute approximate surface area is 94.9 Å². The topological polar surface area (TPSA) is 58.9 Å². The minimum absolute atomic E-state index is 0.0602. The third-order valence-electron chi connectivity index (χ3n) is 3.96. The van der Waals surface area contributed by atoms with Gasteiger partial charge < -0.3 is 19.7 Å². The van der Waals surface area contributed by atoms with Crippen LogP contribution in [0.25, 0.3) is 0 Å². The van der Waals surface area contributed by atoms with Crippen molar-refractivity contribution >= 4 is 0 Å². The molecule has 0 radical (unpaired) electrons. The lowest BCUT2D eigenvalue weighted by atomic mass is 9.89. The van der Waals surface area contributed by atoms with Gasteiger partial charge in [-0.15, -0.1) is 0 Å². The largest absolute Gasteiger partial charge is 0.368 e. The minimum Gasteiger partial charge on any atom is -0.368 e. The van der Waals surface area contributed by atoms with E-state index in [4.69, 9.17) is 9.47 Å². The molecule has 0 spiro atoms.